The second-order valence-corrected chi connectivity index (χ2v) is 7.99. The van der Waals surface area contributed by atoms with Gasteiger partial charge < -0.3 is 14.9 Å². The van der Waals surface area contributed by atoms with E-state index in [-0.39, 0.29) is 27.4 Å². The van der Waals surface area contributed by atoms with Crippen molar-refractivity contribution in [3.05, 3.63) is 32.3 Å². The summed E-state index contributed by atoms with van der Waals surface area (Å²) in [6.45, 7) is 3.62. The van der Waals surface area contributed by atoms with Gasteiger partial charge in [0.1, 0.15) is 5.75 Å². The summed E-state index contributed by atoms with van der Waals surface area (Å²) in [6, 6.07) is 2.47. The number of aromatic hydroxyl groups is 1. The predicted octanol–water partition coefficient (Wildman–Crippen LogP) is 2.89. The van der Waals surface area contributed by atoms with E-state index in [1.165, 1.54) is 18.3 Å². The van der Waals surface area contributed by atoms with E-state index in [2.05, 4.69) is 51.2 Å². The van der Waals surface area contributed by atoms with Crippen LogP contribution in [0.3, 0.4) is 0 Å². The van der Waals surface area contributed by atoms with Gasteiger partial charge in [-0.2, -0.15) is 20.1 Å². The van der Waals surface area contributed by atoms with Crippen molar-refractivity contribution in [3.8, 4) is 5.75 Å². The fourth-order valence-electron chi connectivity index (χ4n) is 3.49. The summed E-state index contributed by atoms with van der Waals surface area (Å²) in [5.41, 5.74) is 2.81. The summed E-state index contributed by atoms with van der Waals surface area (Å²) >= 11 is 3.12. The van der Waals surface area contributed by atoms with Crippen LogP contribution in [-0.2, 0) is 0 Å². The number of phenolic OH excluding ortho intramolecular Hbond substituents is 1. The number of non-ortho nitro benzene ring substituents is 1. The number of hydrogen-bond acceptors (Lipinski definition) is 10. The van der Waals surface area contributed by atoms with Crippen molar-refractivity contribution >= 4 is 45.7 Å². The zero-order valence-corrected chi connectivity index (χ0v) is 17.7. The first kappa shape index (κ1) is 20.3. The van der Waals surface area contributed by atoms with Gasteiger partial charge in [-0.25, -0.2) is 5.43 Å². The minimum Gasteiger partial charge on any atom is -0.506 e. The number of nitro benzene ring substituents is 1. The van der Waals surface area contributed by atoms with Crippen LogP contribution in [-0.4, -0.2) is 57.4 Å². The molecular formula is C18H21BrN8O3. The first-order valence-corrected chi connectivity index (χ1v) is 10.5. The van der Waals surface area contributed by atoms with E-state index < -0.39 is 4.92 Å². The Labute approximate surface area is 181 Å². The van der Waals surface area contributed by atoms with E-state index in [0.29, 0.717) is 11.9 Å². The maximum absolute atomic E-state index is 11.0. The Morgan fingerprint density at radius 3 is 2.17 bits per heavy atom. The molecule has 0 amide bonds. The molecule has 158 valence electrons. The van der Waals surface area contributed by atoms with Gasteiger partial charge in [-0.15, -0.1) is 0 Å². The number of nitrogens with zero attached hydrogens (tertiary/aromatic N) is 7. The third-order valence-corrected chi connectivity index (χ3v) is 5.65. The van der Waals surface area contributed by atoms with Crippen LogP contribution in [0.25, 0.3) is 0 Å². The number of nitro groups is 1. The third-order valence-electron chi connectivity index (χ3n) is 5.05. The van der Waals surface area contributed by atoms with Crippen LogP contribution in [0, 0.1) is 10.1 Å². The highest BCUT2D eigenvalue weighted by Crippen LogP contribution is 2.31. The molecule has 0 radical (unpaired) electrons. The molecule has 2 aromatic rings. The molecule has 0 aliphatic carbocycles. The maximum Gasteiger partial charge on any atom is 0.271 e. The molecule has 2 N–H and O–H groups in total. The Morgan fingerprint density at radius 2 is 1.63 bits per heavy atom. The van der Waals surface area contributed by atoms with Crippen molar-refractivity contribution in [2.45, 2.75) is 25.7 Å². The number of benzene rings is 1. The minimum absolute atomic E-state index is 0.141. The van der Waals surface area contributed by atoms with Gasteiger partial charge in [0.05, 0.1) is 15.6 Å². The number of halogens is 1. The van der Waals surface area contributed by atoms with Crippen molar-refractivity contribution in [2.24, 2.45) is 5.10 Å². The second-order valence-electron chi connectivity index (χ2n) is 7.14. The summed E-state index contributed by atoms with van der Waals surface area (Å²) in [5.74, 6) is 1.37. The molecule has 12 heteroatoms. The van der Waals surface area contributed by atoms with Crippen LogP contribution in [0.15, 0.2) is 21.7 Å². The Morgan fingerprint density at radius 1 is 1.07 bits per heavy atom. The van der Waals surface area contributed by atoms with Gasteiger partial charge in [0, 0.05) is 43.9 Å². The summed E-state index contributed by atoms with van der Waals surface area (Å²) in [5, 5.41) is 25.3. The number of hydrogen-bond donors (Lipinski definition) is 2. The average Bonchev–Trinajstić information content (AvgIpc) is 3.45. The van der Waals surface area contributed by atoms with Crippen LogP contribution in [0.5, 0.6) is 5.75 Å². The maximum atomic E-state index is 11.0. The molecule has 0 spiro atoms. The van der Waals surface area contributed by atoms with Gasteiger partial charge in [0.2, 0.25) is 17.8 Å². The van der Waals surface area contributed by atoms with E-state index in [1.807, 2.05) is 0 Å². The van der Waals surface area contributed by atoms with E-state index in [0.717, 1.165) is 51.9 Å². The highest BCUT2D eigenvalue weighted by molar-refractivity contribution is 9.10. The Balaban J connectivity index is 1.58. The molecule has 11 nitrogen and oxygen atoms in total. The van der Waals surface area contributed by atoms with Crippen LogP contribution in [0.4, 0.5) is 23.5 Å². The van der Waals surface area contributed by atoms with Crippen LogP contribution >= 0.6 is 15.9 Å². The second kappa shape index (κ2) is 8.78. The van der Waals surface area contributed by atoms with E-state index in [4.69, 9.17) is 0 Å². The molecule has 0 atom stereocenters. The first-order chi connectivity index (χ1) is 14.5. The van der Waals surface area contributed by atoms with E-state index in [9.17, 15) is 15.2 Å². The minimum atomic E-state index is -0.536. The zero-order valence-electron chi connectivity index (χ0n) is 16.2. The lowest BCUT2D eigenvalue weighted by Gasteiger charge is -2.20. The van der Waals surface area contributed by atoms with Gasteiger partial charge >= 0.3 is 0 Å². The molecule has 30 heavy (non-hydrogen) atoms. The lowest BCUT2D eigenvalue weighted by atomic mass is 10.2. The number of phenols is 1. The zero-order chi connectivity index (χ0) is 21.1. The van der Waals surface area contributed by atoms with Crippen molar-refractivity contribution < 1.29 is 10.0 Å². The van der Waals surface area contributed by atoms with Gasteiger partial charge in [-0.05, 0) is 41.6 Å². The lowest BCUT2D eigenvalue weighted by molar-refractivity contribution is -0.385. The Kier molecular flexibility index (Phi) is 5.93. The quantitative estimate of drug-likeness (QED) is 0.366. The smallest absolute Gasteiger partial charge is 0.271 e. The normalized spacial score (nSPS) is 16.6. The van der Waals surface area contributed by atoms with Crippen molar-refractivity contribution in [3.63, 3.8) is 0 Å². The number of hydrazone groups is 1. The molecule has 4 rings (SSSR count). The monoisotopic (exact) mass is 476 g/mol. The highest BCUT2D eigenvalue weighted by atomic mass is 79.9. The molecule has 2 aliphatic heterocycles. The van der Waals surface area contributed by atoms with Gasteiger partial charge in [-0.1, -0.05) is 0 Å². The first-order valence-electron chi connectivity index (χ1n) is 9.73. The molecule has 0 bridgehead atoms. The molecule has 1 aromatic carbocycles. The van der Waals surface area contributed by atoms with Gasteiger partial charge in [-0.3, -0.25) is 10.1 Å². The standard InChI is InChI=1S/C18H21BrN8O3/c19-14-10-13(27(29)30)9-12(15(14)28)11-20-24-16-21-17(25-5-1-2-6-25)23-18(22-16)26-7-3-4-8-26/h9-11,28H,1-8H2,(H,21,22,23,24). The third kappa shape index (κ3) is 4.42. The number of rotatable bonds is 6. The van der Waals surface area contributed by atoms with Crippen molar-refractivity contribution in [1.29, 1.82) is 0 Å². The van der Waals surface area contributed by atoms with Crippen molar-refractivity contribution in [1.82, 2.24) is 15.0 Å². The molecule has 2 saturated heterocycles. The van der Waals surface area contributed by atoms with Crippen molar-refractivity contribution in [2.75, 3.05) is 41.4 Å². The van der Waals surface area contributed by atoms with Crippen LogP contribution in [0.1, 0.15) is 31.2 Å². The fourth-order valence-corrected chi connectivity index (χ4v) is 3.95. The summed E-state index contributed by atoms with van der Waals surface area (Å²) in [6.07, 6.45) is 5.71. The Bertz CT molecular complexity index is 940. The molecule has 2 aliphatic rings. The summed E-state index contributed by atoms with van der Waals surface area (Å²) in [4.78, 5) is 28.3. The number of nitrogens with one attached hydrogen (secondary N) is 1. The summed E-state index contributed by atoms with van der Waals surface area (Å²) < 4.78 is 0.214. The number of anilines is 3. The van der Waals surface area contributed by atoms with Crippen LogP contribution in [0.2, 0.25) is 0 Å². The van der Waals surface area contributed by atoms with Gasteiger partial charge in [0.15, 0.2) is 0 Å². The number of aromatic nitrogens is 3. The molecule has 0 unspecified atom stereocenters. The largest absolute Gasteiger partial charge is 0.506 e. The fraction of sp³-hybridized carbons (Fsp3) is 0.444. The topological polar surface area (TPSA) is 133 Å². The average molecular weight is 477 g/mol. The molecule has 3 heterocycles. The molecular weight excluding hydrogens is 456 g/mol. The SMILES string of the molecule is O=[N+]([O-])c1cc(Br)c(O)c(C=NNc2nc(N3CCCC3)nc(N3CCCC3)n2)c1. The van der Waals surface area contributed by atoms with E-state index >= 15 is 0 Å². The molecule has 2 fully saturated rings. The predicted molar refractivity (Wildman–Crippen MR) is 116 cm³/mol. The molecule has 1 aromatic heterocycles. The summed E-state index contributed by atoms with van der Waals surface area (Å²) in [7, 11) is 0. The molecule has 0 saturated carbocycles. The van der Waals surface area contributed by atoms with Crippen LogP contribution < -0.4 is 15.2 Å². The Hall–Kier alpha value is -3.02. The van der Waals surface area contributed by atoms with Gasteiger partial charge in [0.25, 0.3) is 5.69 Å². The van der Waals surface area contributed by atoms with E-state index in [1.54, 1.807) is 0 Å². The lowest BCUT2D eigenvalue weighted by Crippen LogP contribution is -2.25. The highest BCUT2D eigenvalue weighted by Gasteiger charge is 2.21.